The predicted octanol–water partition coefficient (Wildman–Crippen LogP) is 13.0. The average Bonchev–Trinajstić information content (AvgIpc) is 3.15. The van der Waals surface area contributed by atoms with Crippen LogP contribution in [0.1, 0.15) is 169 Å². The van der Waals surface area contributed by atoms with Gasteiger partial charge in [-0.1, -0.05) is 138 Å². The number of fused-ring (bicyclic) bond motifs is 6. The third-order valence-corrected chi connectivity index (χ3v) is 11.8. The van der Waals surface area contributed by atoms with E-state index in [0.29, 0.717) is 33.4 Å². The lowest BCUT2D eigenvalue weighted by Crippen LogP contribution is -2.52. The Kier molecular flexibility index (Phi) is 10.9. The highest BCUT2D eigenvalue weighted by Gasteiger charge is 2.59. The van der Waals surface area contributed by atoms with E-state index in [2.05, 4.69) is 0 Å². The molecule has 0 atom stereocenters. The zero-order chi connectivity index (χ0) is 44.0. The van der Waals surface area contributed by atoms with Gasteiger partial charge in [-0.15, -0.1) is 0 Å². The molecule has 318 valence electrons. The number of rotatable bonds is 9. The van der Waals surface area contributed by atoms with Crippen LogP contribution in [0.4, 0.5) is 43.0 Å². The van der Waals surface area contributed by atoms with Gasteiger partial charge in [0.25, 0.3) is 0 Å². The van der Waals surface area contributed by atoms with E-state index in [4.69, 9.17) is 14.0 Å². The highest BCUT2D eigenvalue weighted by molar-refractivity contribution is 6.55. The molecule has 0 N–H and O–H groups in total. The lowest BCUT2D eigenvalue weighted by atomic mass is 9.84. The average molecular weight is 831 g/mol. The molecule has 0 amide bonds. The molecule has 6 nitrogen and oxygen atoms in total. The van der Waals surface area contributed by atoms with Crippen LogP contribution in [0.25, 0.3) is 0 Å². The number of halogens is 6. The lowest BCUT2D eigenvalue weighted by Gasteiger charge is -2.39. The molecule has 0 aliphatic carbocycles. The van der Waals surface area contributed by atoms with Crippen molar-refractivity contribution in [2.75, 3.05) is 0 Å². The molecule has 4 aromatic carbocycles. The van der Waals surface area contributed by atoms with E-state index in [1.54, 1.807) is 54.6 Å². The molecule has 60 heavy (non-hydrogen) atoms. The van der Waals surface area contributed by atoms with E-state index in [9.17, 15) is 0 Å². The molecule has 15 heteroatoms. The zero-order valence-corrected chi connectivity index (χ0v) is 36.5. The third-order valence-electron chi connectivity index (χ3n) is 11.8. The van der Waals surface area contributed by atoms with Crippen LogP contribution in [-0.2, 0) is 0 Å². The molecule has 0 spiro atoms. The van der Waals surface area contributed by atoms with Crippen LogP contribution in [0.3, 0.4) is 0 Å². The van der Waals surface area contributed by atoms with Gasteiger partial charge in [0.05, 0.1) is 0 Å². The summed E-state index contributed by atoms with van der Waals surface area (Å²) in [6.07, 6.45) is 3.25. The summed E-state index contributed by atoms with van der Waals surface area (Å²) in [6, 6.07) is 15.9. The minimum absolute atomic E-state index is 0.180. The monoisotopic (exact) mass is 831 g/mol. The van der Waals surface area contributed by atoms with Crippen molar-refractivity contribution in [2.45, 2.75) is 119 Å². The first-order valence-corrected chi connectivity index (χ1v) is 21.1. The second kappa shape index (κ2) is 15.2. The lowest BCUT2D eigenvalue weighted by molar-refractivity contribution is -0.348. The second-order valence-electron chi connectivity index (χ2n) is 18.2. The van der Waals surface area contributed by atoms with Crippen molar-refractivity contribution in [3.8, 4) is 17.2 Å². The van der Waals surface area contributed by atoms with Gasteiger partial charge in [0, 0.05) is 33.4 Å². The molecular formula is C45H54B3F6N3O3. The highest BCUT2D eigenvalue weighted by atomic mass is 19.3. The van der Waals surface area contributed by atoms with Crippen LogP contribution in [0.15, 0.2) is 54.6 Å². The van der Waals surface area contributed by atoms with Crippen molar-refractivity contribution in [2.24, 2.45) is 0 Å². The first-order chi connectivity index (χ1) is 28.0. The van der Waals surface area contributed by atoms with Crippen LogP contribution in [0, 0.1) is 0 Å². The minimum atomic E-state index is -4.99. The Balaban J connectivity index is 1.66. The van der Waals surface area contributed by atoms with Crippen LogP contribution in [-0.4, -0.2) is 53.2 Å². The van der Waals surface area contributed by atoms with Gasteiger partial charge < -0.3 is 53.3 Å². The molecule has 7 rings (SSSR count). The summed E-state index contributed by atoms with van der Waals surface area (Å²) in [4.78, 5) is 0. The van der Waals surface area contributed by atoms with Gasteiger partial charge >= 0.3 is 21.1 Å². The SMILES string of the molecule is CC(C)c1cccc(C(C)C)c1[N+]1=Cc2c(c3c(c4c2O[B-](F)(F)[N+](c2c(C(C)C)cccc2C(C)C)=C4)O[B-](F)(F)[N+](c2c(C(C)C)cccc2C(C)C)=C3)O[B-]1(F)F. The molecule has 0 saturated heterocycles. The Morgan fingerprint density at radius 1 is 0.350 bits per heavy atom. The summed E-state index contributed by atoms with van der Waals surface area (Å²) in [6.45, 7) is 22.6. The second-order valence-corrected chi connectivity index (χ2v) is 18.2. The van der Waals surface area contributed by atoms with Gasteiger partial charge in [-0.25, -0.2) is 0 Å². The van der Waals surface area contributed by atoms with E-state index in [1.165, 1.54) is 0 Å². The quantitative estimate of drug-likeness (QED) is 0.125. The van der Waals surface area contributed by atoms with Crippen molar-refractivity contribution >= 4 is 56.8 Å². The summed E-state index contributed by atoms with van der Waals surface area (Å²) < 4.78 is 121. The van der Waals surface area contributed by atoms with Crippen molar-refractivity contribution in [3.05, 3.63) is 105 Å². The van der Waals surface area contributed by atoms with Gasteiger partial charge in [0.15, 0.2) is 17.1 Å². The maximum absolute atomic E-state index is 17.0. The maximum Gasteiger partial charge on any atom is 0.834 e. The maximum atomic E-state index is 17.0. The molecule has 0 fully saturated rings. The third kappa shape index (κ3) is 7.13. The van der Waals surface area contributed by atoms with Crippen molar-refractivity contribution < 1.29 is 53.3 Å². The minimum Gasteiger partial charge on any atom is -0.598 e. The van der Waals surface area contributed by atoms with E-state index in [0.717, 1.165) is 32.1 Å². The molecule has 4 aromatic rings. The van der Waals surface area contributed by atoms with Gasteiger partial charge in [-0.3, -0.25) is 0 Å². The Labute approximate surface area is 349 Å². The van der Waals surface area contributed by atoms with Crippen LogP contribution in [0.5, 0.6) is 17.2 Å². The van der Waals surface area contributed by atoms with Gasteiger partial charge in [-0.05, 0) is 35.5 Å². The molecule has 0 saturated carbocycles. The Bertz CT molecular complexity index is 2130. The fourth-order valence-corrected chi connectivity index (χ4v) is 8.82. The summed E-state index contributed by atoms with van der Waals surface area (Å²) in [5.41, 5.74) is 3.34. The molecule has 0 aromatic heterocycles. The largest absolute Gasteiger partial charge is 0.834 e. The zero-order valence-electron chi connectivity index (χ0n) is 36.5. The smallest absolute Gasteiger partial charge is 0.598 e. The molecule has 3 aliphatic heterocycles. The van der Waals surface area contributed by atoms with Gasteiger partial charge in [0.2, 0.25) is 0 Å². The number of para-hydroxylation sites is 3. The van der Waals surface area contributed by atoms with Crippen molar-refractivity contribution in [1.29, 1.82) is 0 Å². The summed E-state index contributed by atoms with van der Waals surface area (Å²) in [5.74, 6) is -3.06. The fraction of sp³-hybridized carbons (Fsp3) is 0.400. The fourth-order valence-electron chi connectivity index (χ4n) is 8.82. The molecule has 0 bridgehead atoms. The van der Waals surface area contributed by atoms with Gasteiger partial charge in [0.1, 0.15) is 52.6 Å². The van der Waals surface area contributed by atoms with Crippen molar-refractivity contribution in [1.82, 2.24) is 0 Å². The van der Waals surface area contributed by atoms with E-state index < -0.39 is 38.4 Å². The van der Waals surface area contributed by atoms with Crippen LogP contribution >= 0.6 is 0 Å². The normalized spacial score (nSPS) is 17.5. The first-order valence-electron chi connectivity index (χ1n) is 21.1. The number of hydrogen-bond donors (Lipinski definition) is 0. The molecule has 3 aliphatic rings. The Morgan fingerprint density at radius 3 is 0.700 bits per heavy atom. The highest BCUT2D eigenvalue weighted by Crippen LogP contribution is 2.52. The number of hydrogen-bond acceptors (Lipinski definition) is 3. The molecular weight excluding hydrogens is 777 g/mol. The van der Waals surface area contributed by atoms with E-state index in [1.807, 2.05) is 83.1 Å². The first kappa shape index (κ1) is 43.2. The topological polar surface area (TPSA) is 36.7 Å². The molecule has 3 heterocycles. The predicted molar refractivity (Wildman–Crippen MR) is 231 cm³/mol. The standard InChI is InChI=1S/C45H54B3F6N3O3/c1-25(2)31-16-13-17-32(26(3)4)40(31)55-22-37-43(58-46(55,49)50)38-23-56(41-33(27(5)6)18-14-19-34(41)28(7)8)48(53,54)60-45(38)39-24-57(47(51,52)59-44(37)39)42-35(29(9)10)20-15-21-36(42)30(11)12/h13-30H,1-12H3. The summed E-state index contributed by atoms with van der Waals surface area (Å²) in [7, 11) is -15.0. The summed E-state index contributed by atoms with van der Waals surface area (Å²) >= 11 is 0. The van der Waals surface area contributed by atoms with Crippen molar-refractivity contribution in [3.63, 3.8) is 0 Å². The molecule has 0 unspecified atom stereocenters. The van der Waals surface area contributed by atoms with Gasteiger partial charge in [-0.2, -0.15) is 0 Å². The molecule has 0 radical (unpaired) electrons. The van der Waals surface area contributed by atoms with E-state index in [-0.39, 0.29) is 69.3 Å². The van der Waals surface area contributed by atoms with Crippen LogP contribution < -0.4 is 14.0 Å². The van der Waals surface area contributed by atoms with Crippen LogP contribution in [0.2, 0.25) is 0 Å². The van der Waals surface area contributed by atoms with E-state index >= 15 is 25.9 Å². The number of benzene rings is 4. The Morgan fingerprint density at radius 2 is 0.533 bits per heavy atom. The Hall–Kier alpha value is -4.94. The summed E-state index contributed by atoms with van der Waals surface area (Å²) in [5, 5.41) is 0. The number of nitrogens with zero attached hydrogens (tertiary/aromatic N) is 3.